The molecule has 1 saturated carbocycles. The molecule has 0 bridgehead atoms. The summed E-state index contributed by atoms with van der Waals surface area (Å²) in [6, 6.07) is 1.27. The van der Waals surface area contributed by atoms with Gasteiger partial charge in [-0.1, -0.05) is 19.9 Å². The number of azo groups is 1. The van der Waals surface area contributed by atoms with Gasteiger partial charge in [-0.2, -0.15) is 10.2 Å². The van der Waals surface area contributed by atoms with Crippen LogP contribution in [0.2, 0.25) is 0 Å². The maximum absolute atomic E-state index is 5.88. The molecule has 0 heterocycles. The van der Waals surface area contributed by atoms with E-state index in [9.17, 15) is 0 Å². The molecule has 0 aromatic rings. The second-order valence-electron chi connectivity index (χ2n) is 5.47. The lowest BCUT2D eigenvalue weighted by Gasteiger charge is -2.24. The molecule has 4 heteroatoms. The van der Waals surface area contributed by atoms with Gasteiger partial charge in [0, 0.05) is 12.1 Å². The Hall–Kier alpha value is -0.740. The zero-order valence-corrected chi connectivity index (χ0v) is 12.7. The third-order valence-electron chi connectivity index (χ3n) is 3.89. The summed E-state index contributed by atoms with van der Waals surface area (Å²) >= 11 is 0. The van der Waals surface area contributed by atoms with E-state index in [-0.39, 0.29) is 12.1 Å². The Bertz CT molecular complexity index is 303. The minimum Gasteiger partial charge on any atom is -0.328 e. The van der Waals surface area contributed by atoms with Gasteiger partial charge in [0.05, 0.1) is 12.1 Å². The molecule has 0 radical (unpaired) electrons. The average molecular weight is 266 g/mol. The second-order valence-corrected chi connectivity index (χ2v) is 5.47. The van der Waals surface area contributed by atoms with Crippen LogP contribution in [0, 0.1) is 0 Å². The van der Waals surface area contributed by atoms with Crippen molar-refractivity contribution >= 4 is 0 Å². The van der Waals surface area contributed by atoms with Gasteiger partial charge in [-0.05, 0) is 51.0 Å². The third-order valence-corrected chi connectivity index (χ3v) is 3.89. The minimum absolute atomic E-state index is 0.217. The Balaban J connectivity index is 0.000000861. The largest absolute Gasteiger partial charge is 0.328 e. The summed E-state index contributed by atoms with van der Waals surface area (Å²) in [5.41, 5.74) is 13.0. The highest BCUT2D eigenvalue weighted by Crippen LogP contribution is 2.24. The van der Waals surface area contributed by atoms with Crippen LogP contribution in [0.25, 0.3) is 0 Å². The zero-order chi connectivity index (χ0) is 14.3. The van der Waals surface area contributed by atoms with Crippen LogP contribution in [0.1, 0.15) is 59.3 Å². The molecular formula is C15H30N4. The van der Waals surface area contributed by atoms with Crippen LogP contribution in [0.3, 0.4) is 0 Å². The van der Waals surface area contributed by atoms with E-state index < -0.39 is 0 Å². The van der Waals surface area contributed by atoms with Crippen molar-refractivity contribution in [1.29, 1.82) is 0 Å². The first-order valence-corrected chi connectivity index (χ1v) is 7.74. The van der Waals surface area contributed by atoms with Crippen molar-refractivity contribution in [3.63, 3.8) is 0 Å². The first-order valence-electron chi connectivity index (χ1n) is 7.74. The molecule has 1 fully saturated rings. The molecule has 4 N–H and O–H groups in total. The molecule has 0 spiro atoms. The van der Waals surface area contributed by atoms with Crippen LogP contribution in [-0.2, 0) is 0 Å². The van der Waals surface area contributed by atoms with Gasteiger partial charge in [-0.15, -0.1) is 0 Å². The molecule has 2 atom stereocenters. The minimum atomic E-state index is 0.217. The molecule has 2 rings (SSSR count). The summed E-state index contributed by atoms with van der Waals surface area (Å²) in [4.78, 5) is 0. The summed E-state index contributed by atoms with van der Waals surface area (Å²) < 4.78 is 0. The Labute approximate surface area is 117 Å². The van der Waals surface area contributed by atoms with Crippen molar-refractivity contribution in [2.24, 2.45) is 21.7 Å². The highest BCUT2D eigenvalue weighted by Gasteiger charge is 2.20. The SMILES string of the molecule is CC.CC1=CC(N)CCC1N=NC1CCC(N)CC1. The Morgan fingerprint density at radius 3 is 2.16 bits per heavy atom. The normalized spacial score (nSPS) is 35.5. The fourth-order valence-corrected chi connectivity index (χ4v) is 2.65. The molecular weight excluding hydrogens is 236 g/mol. The lowest BCUT2D eigenvalue weighted by Crippen LogP contribution is -2.28. The van der Waals surface area contributed by atoms with Crippen molar-refractivity contribution in [2.75, 3.05) is 0 Å². The molecule has 19 heavy (non-hydrogen) atoms. The number of hydrogen-bond donors (Lipinski definition) is 2. The lowest BCUT2D eigenvalue weighted by molar-refractivity contribution is 0.380. The van der Waals surface area contributed by atoms with Crippen LogP contribution in [0.4, 0.5) is 0 Å². The molecule has 0 aromatic carbocycles. The lowest BCUT2D eigenvalue weighted by atomic mass is 9.92. The Morgan fingerprint density at radius 2 is 1.58 bits per heavy atom. The van der Waals surface area contributed by atoms with Gasteiger partial charge in [0.2, 0.25) is 0 Å². The van der Waals surface area contributed by atoms with E-state index in [1.807, 2.05) is 13.8 Å². The van der Waals surface area contributed by atoms with E-state index in [0.29, 0.717) is 12.1 Å². The summed E-state index contributed by atoms with van der Waals surface area (Å²) in [6.07, 6.45) is 8.57. The van der Waals surface area contributed by atoms with Crippen molar-refractivity contribution < 1.29 is 0 Å². The van der Waals surface area contributed by atoms with Crippen molar-refractivity contribution in [3.8, 4) is 0 Å². The van der Waals surface area contributed by atoms with Gasteiger partial charge in [0.25, 0.3) is 0 Å². The third kappa shape index (κ3) is 5.41. The van der Waals surface area contributed by atoms with E-state index in [0.717, 1.165) is 38.5 Å². The van der Waals surface area contributed by atoms with Gasteiger partial charge in [0.1, 0.15) is 0 Å². The monoisotopic (exact) mass is 266 g/mol. The van der Waals surface area contributed by atoms with Gasteiger partial charge in [-0.25, -0.2) is 0 Å². The van der Waals surface area contributed by atoms with E-state index in [2.05, 4.69) is 23.2 Å². The molecule has 4 nitrogen and oxygen atoms in total. The first-order chi connectivity index (χ1) is 9.15. The fraction of sp³-hybridized carbons (Fsp3) is 0.867. The summed E-state index contributed by atoms with van der Waals surface area (Å²) in [5, 5.41) is 9.01. The summed E-state index contributed by atoms with van der Waals surface area (Å²) in [5.74, 6) is 0. The van der Waals surface area contributed by atoms with Crippen LogP contribution < -0.4 is 11.5 Å². The molecule has 2 unspecified atom stereocenters. The summed E-state index contributed by atoms with van der Waals surface area (Å²) in [7, 11) is 0. The molecule has 110 valence electrons. The van der Waals surface area contributed by atoms with E-state index in [4.69, 9.17) is 11.5 Å². The Kier molecular flexibility index (Phi) is 7.24. The second kappa shape index (κ2) is 8.43. The first kappa shape index (κ1) is 16.3. The molecule has 2 aliphatic carbocycles. The Morgan fingerprint density at radius 1 is 0.947 bits per heavy atom. The maximum Gasteiger partial charge on any atom is 0.0916 e. The van der Waals surface area contributed by atoms with E-state index in [1.54, 1.807) is 0 Å². The van der Waals surface area contributed by atoms with Gasteiger partial charge in [-0.3, -0.25) is 0 Å². The smallest absolute Gasteiger partial charge is 0.0916 e. The number of hydrogen-bond acceptors (Lipinski definition) is 4. The van der Waals surface area contributed by atoms with Gasteiger partial charge >= 0.3 is 0 Å². The average Bonchev–Trinajstić information content (AvgIpc) is 2.42. The maximum atomic E-state index is 5.88. The van der Waals surface area contributed by atoms with Crippen LogP contribution in [-0.4, -0.2) is 24.2 Å². The van der Waals surface area contributed by atoms with E-state index >= 15 is 0 Å². The van der Waals surface area contributed by atoms with Crippen molar-refractivity contribution in [3.05, 3.63) is 11.6 Å². The molecule has 0 aliphatic heterocycles. The fourth-order valence-electron chi connectivity index (χ4n) is 2.65. The van der Waals surface area contributed by atoms with Crippen LogP contribution in [0.15, 0.2) is 21.9 Å². The van der Waals surface area contributed by atoms with Gasteiger partial charge < -0.3 is 11.5 Å². The predicted molar refractivity (Wildman–Crippen MR) is 81.2 cm³/mol. The van der Waals surface area contributed by atoms with Crippen LogP contribution >= 0.6 is 0 Å². The van der Waals surface area contributed by atoms with Gasteiger partial charge in [0.15, 0.2) is 0 Å². The highest BCUT2D eigenvalue weighted by molar-refractivity contribution is 5.14. The summed E-state index contributed by atoms with van der Waals surface area (Å²) in [6.45, 7) is 6.11. The van der Waals surface area contributed by atoms with Crippen LogP contribution in [0.5, 0.6) is 0 Å². The molecule has 0 saturated heterocycles. The zero-order valence-electron chi connectivity index (χ0n) is 12.7. The standard InChI is InChI=1S/C13H24N4.C2H6/c1-9-8-11(15)4-7-13(9)17-16-12-5-2-10(14)3-6-12;1-2/h8,10-13H,2-7,14-15H2,1H3;1-2H3. The number of rotatable bonds is 2. The molecule has 2 aliphatic rings. The van der Waals surface area contributed by atoms with Crippen molar-refractivity contribution in [1.82, 2.24) is 0 Å². The molecule has 0 amide bonds. The topological polar surface area (TPSA) is 76.8 Å². The number of nitrogens with two attached hydrogens (primary N) is 2. The predicted octanol–water partition coefficient (Wildman–Crippen LogP) is 3.17. The van der Waals surface area contributed by atoms with E-state index in [1.165, 1.54) is 5.57 Å². The van der Waals surface area contributed by atoms with Crippen molar-refractivity contribution in [2.45, 2.75) is 83.5 Å². The quantitative estimate of drug-likeness (QED) is 0.595. The molecule has 0 aromatic heterocycles. The number of nitrogens with zero attached hydrogens (tertiary/aromatic N) is 2. The highest BCUT2D eigenvalue weighted by atomic mass is 15.1.